The number of aromatic hydroxyl groups is 1. The van der Waals surface area contributed by atoms with Gasteiger partial charge in [0.15, 0.2) is 17.5 Å². The molecule has 0 aliphatic carbocycles. The molecule has 1 aliphatic heterocycles. The lowest BCUT2D eigenvalue weighted by Crippen LogP contribution is -2.51. The van der Waals surface area contributed by atoms with Gasteiger partial charge in [0.25, 0.3) is 0 Å². The zero-order valence-corrected chi connectivity index (χ0v) is 18.3. The van der Waals surface area contributed by atoms with Crippen LogP contribution < -0.4 is 25.0 Å². The number of anilines is 1. The van der Waals surface area contributed by atoms with E-state index in [0.29, 0.717) is 24.0 Å². The Hall–Kier alpha value is -3.16. The van der Waals surface area contributed by atoms with Crippen molar-refractivity contribution in [3.63, 3.8) is 0 Å². The Bertz CT molecular complexity index is 881. The molecule has 3 N–H and O–H groups in total. The topological polar surface area (TPSA) is 78.4 Å². The summed E-state index contributed by atoms with van der Waals surface area (Å²) in [4.78, 5) is 6.89. The normalized spacial score (nSPS) is 16.7. The van der Waals surface area contributed by atoms with Gasteiger partial charge in [-0.3, -0.25) is 0 Å². The minimum atomic E-state index is -0.220. The average Bonchev–Trinajstić information content (AvgIpc) is 2.78. The van der Waals surface area contributed by atoms with Crippen LogP contribution in [0.25, 0.3) is 0 Å². The maximum Gasteiger partial charge on any atom is 0.200 e. The second-order valence-corrected chi connectivity index (χ2v) is 7.45. The van der Waals surface area contributed by atoms with Crippen LogP contribution in [0.2, 0.25) is 0 Å². The number of phenolic OH excluding ortho intramolecular Hbond substituents is 1. The van der Waals surface area contributed by atoms with Gasteiger partial charge in [-0.2, -0.15) is 0 Å². The van der Waals surface area contributed by atoms with E-state index in [1.165, 1.54) is 20.3 Å². The molecule has 0 spiro atoms. The fourth-order valence-electron chi connectivity index (χ4n) is 3.73. The summed E-state index contributed by atoms with van der Waals surface area (Å²) in [6, 6.07) is 10.4. The van der Waals surface area contributed by atoms with Crippen LogP contribution in [0.5, 0.6) is 17.2 Å². The molecule has 0 saturated carbocycles. The molecule has 1 unspecified atom stereocenters. The number of halogens is 1. The van der Waals surface area contributed by atoms with Crippen LogP contribution in [-0.4, -0.2) is 51.0 Å². The lowest BCUT2D eigenvalue weighted by Gasteiger charge is -2.35. The molecule has 7 nitrogen and oxygen atoms in total. The molecule has 1 atom stereocenters. The number of methoxy groups -OCH3 is 2. The van der Waals surface area contributed by atoms with Gasteiger partial charge < -0.3 is 30.1 Å². The molecule has 0 aromatic heterocycles. The molecule has 1 aliphatic rings. The number of hydrogen-bond acceptors (Lipinski definition) is 5. The van der Waals surface area contributed by atoms with E-state index in [-0.39, 0.29) is 17.6 Å². The first kappa shape index (κ1) is 22.5. The van der Waals surface area contributed by atoms with Gasteiger partial charge in [-0.1, -0.05) is 6.07 Å². The molecule has 1 fully saturated rings. The van der Waals surface area contributed by atoms with Crippen molar-refractivity contribution in [1.29, 1.82) is 0 Å². The van der Waals surface area contributed by atoms with Crippen molar-refractivity contribution in [1.82, 2.24) is 10.6 Å². The molecule has 2 aromatic rings. The average molecular weight is 431 g/mol. The van der Waals surface area contributed by atoms with Gasteiger partial charge in [-0.25, -0.2) is 9.38 Å². The van der Waals surface area contributed by atoms with Gasteiger partial charge in [0.1, 0.15) is 5.82 Å². The summed E-state index contributed by atoms with van der Waals surface area (Å²) in [5.41, 5.74) is 1.76. The Morgan fingerprint density at radius 3 is 2.61 bits per heavy atom. The molecule has 31 heavy (non-hydrogen) atoms. The number of ether oxygens (including phenoxy) is 2. The van der Waals surface area contributed by atoms with Crippen molar-refractivity contribution < 1.29 is 19.0 Å². The quantitative estimate of drug-likeness (QED) is 0.462. The van der Waals surface area contributed by atoms with Crippen molar-refractivity contribution in [2.24, 2.45) is 4.99 Å². The summed E-state index contributed by atoms with van der Waals surface area (Å²) in [5, 5.41) is 16.9. The Morgan fingerprint density at radius 1 is 1.23 bits per heavy atom. The van der Waals surface area contributed by atoms with E-state index >= 15 is 0 Å². The van der Waals surface area contributed by atoms with Crippen molar-refractivity contribution in [2.45, 2.75) is 32.4 Å². The molecule has 3 rings (SSSR count). The largest absolute Gasteiger partial charge is 0.502 e. The van der Waals surface area contributed by atoms with E-state index in [2.05, 4.69) is 15.5 Å². The summed E-state index contributed by atoms with van der Waals surface area (Å²) < 4.78 is 24.1. The number of rotatable bonds is 7. The van der Waals surface area contributed by atoms with Crippen LogP contribution >= 0.6 is 0 Å². The zero-order valence-electron chi connectivity index (χ0n) is 18.3. The third kappa shape index (κ3) is 5.93. The number of guanidine groups is 1. The van der Waals surface area contributed by atoms with E-state index in [9.17, 15) is 9.50 Å². The molecular weight excluding hydrogens is 399 g/mol. The predicted octanol–water partition coefficient (Wildman–Crippen LogP) is 3.27. The van der Waals surface area contributed by atoms with Gasteiger partial charge in [0.2, 0.25) is 5.75 Å². The number of hydrogen-bond donors (Lipinski definition) is 3. The van der Waals surface area contributed by atoms with Gasteiger partial charge in [0, 0.05) is 31.4 Å². The lowest BCUT2D eigenvalue weighted by atomic mass is 10.0. The second-order valence-electron chi connectivity index (χ2n) is 7.45. The highest BCUT2D eigenvalue weighted by Crippen LogP contribution is 2.37. The van der Waals surface area contributed by atoms with Crippen molar-refractivity contribution >= 4 is 11.6 Å². The van der Waals surface area contributed by atoms with E-state index in [1.807, 2.05) is 13.0 Å². The van der Waals surface area contributed by atoms with Gasteiger partial charge in [0.05, 0.1) is 20.8 Å². The summed E-state index contributed by atoms with van der Waals surface area (Å²) >= 11 is 0. The van der Waals surface area contributed by atoms with Crippen LogP contribution in [0, 0.1) is 5.82 Å². The number of benzene rings is 2. The fourth-order valence-corrected chi connectivity index (χ4v) is 3.73. The van der Waals surface area contributed by atoms with E-state index in [1.54, 1.807) is 24.3 Å². The SMILES string of the molecule is CCNC(=NCc1cc(OC)c(O)c(OC)c1)NC1CCCN(c2cccc(F)c2)C1. The highest BCUT2D eigenvalue weighted by atomic mass is 19.1. The number of piperidine rings is 1. The van der Waals surface area contributed by atoms with Gasteiger partial charge in [-0.15, -0.1) is 0 Å². The molecular formula is C23H31FN4O3. The van der Waals surface area contributed by atoms with Crippen molar-refractivity contribution in [3.05, 3.63) is 47.8 Å². The first-order valence-electron chi connectivity index (χ1n) is 10.5. The summed E-state index contributed by atoms with van der Waals surface area (Å²) in [6.07, 6.45) is 2.02. The summed E-state index contributed by atoms with van der Waals surface area (Å²) in [5.74, 6) is 1.16. The Balaban J connectivity index is 1.70. The molecule has 2 aromatic carbocycles. The Kier molecular flexibility index (Phi) is 7.81. The van der Waals surface area contributed by atoms with Gasteiger partial charge in [-0.05, 0) is 55.7 Å². The third-order valence-electron chi connectivity index (χ3n) is 5.24. The molecule has 0 radical (unpaired) electrons. The minimum absolute atomic E-state index is 0.0255. The number of phenols is 1. The van der Waals surface area contributed by atoms with Crippen LogP contribution in [0.15, 0.2) is 41.4 Å². The number of aliphatic imine (C=N–C) groups is 1. The number of nitrogens with zero attached hydrogens (tertiary/aromatic N) is 2. The standard InChI is InChI=1S/C23H31FN4O3/c1-4-25-23(26-14-16-11-20(30-2)22(29)21(12-16)31-3)27-18-8-6-10-28(15-18)19-9-5-7-17(24)13-19/h5,7,9,11-13,18,29H,4,6,8,10,14-15H2,1-3H3,(H2,25,26,27). The fraction of sp³-hybridized carbons (Fsp3) is 0.435. The highest BCUT2D eigenvalue weighted by molar-refractivity contribution is 5.80. The molecule has 0 amide bonds. The molecule has 0 bridgehead atoms. The van der Waals surface area contributed by atoms with E-state index in [4.69, 9.17) is 14.5 Å². The summed E-state index contributed by atoms with van der Waals surface area (Å²) in [6.45, 7) is 4.82. The lowest BCUT2D eigenvalue weighted by molar-refractivity contribution is 0.339. The van der Waals surface area contributed by atoms with Gasteiger partial charge >= 0.3 is 0 Å². The monoisotopic (exact) mass is 430 g/mol. The van der Waals surface area contributed by atoms with Crippen LogP contribution in [0.4, 0.5) is 10.1 Å². The maximum atomic E-state index is 13.6. The van der Waals surface area contributed by atoms with E-state index in [0.717, 1.165) is 43.7 Å². The number of nitrogens with one attached hydrogen (secondary N) is 2. The predicted molar refractivity (Wildman–Crippen MR) is 121 cm³/mol. The van der Waals surface area contributed by atoms with E-state index < -0.39 is 0 Å². The summed E-state index contributed by atoms with van der Waals surface area (Å²) in [7, 11) is 3.00. The first-order valence-corrected chi connectivity index (χ1v) is 10.5. The van der Waals surface area contributed by atoms with Crippen LogP contribution in [0.1, 0.15) is 25.3 Å². The third-order valence-corrected chi connectivity index (χ3v) is 5.24. The Morgan fingerprint density at radius 2 is 1.97 bits per heavy atom. The van der Waals surface area contributed by atoms with Crippen molar-refractivity contribution in [2.75, 3.05) is 38.8 Å². The first-order chi connectivity index (χ1) is 15.0. The van der Waals surface area contributed by atoms with Crippen LogP contribution in [0.3, 0.4) is 0 Å². The van der Waals surface area contributed by atoms with Crippen molar-refractivity contribution in [3.8, 4) is 17.2 Å². The highest BCUT2D eigenvalue weighted by Gasteiger charge is 2.21. The smallest absolute Gasteiger partial charge is 0.200 e. The second kappa shape index (κ2) is 10.7. The molecule has 168 valence electrons. The molecule has 1 saturated heterocycles. The zero-order chi connectivity index (χ0) is 22.2. The molecule has 8 heteroatoms. The molecule has 1 heterocycles. The Labute approximate surface area is 182 Å². The van der Waals surface area contributed by atoms with Crippen LogP contribution in [-0.2, 0) is 6.54 Å². The minimum Gasteiger partial charge on any atom is -0.502 e. The maximum absolute atomic E-state index is 13.6.